The van der Waals surface area contributed by atoms with Crippen LogP contribution in [0.3, 0.4) is 0 Å². The maximum Gasteiger partial charge on any atom is 0.343 e. The van der Waals surface area contributed by atoms with Gasteiger partial charge in [-0.3, -0.25) is 0 Å². The normalized spacial score (nSPS) is 10.4. The molecule has 0 atom stereocenters. The third-order valence-electron chi connectivity index (χ3n) is 1.81. The van der Waals surface area contributed by atoms with E-state index in [9.17, 15) is 4.79 Å². The first-order valence-electron chi connectivity index (χ1n) is 4.70. The van der Waals surface area contributed by atoms with Crippen LogP contribution in [0.5, 0.6) is 5.75 Å². The highest BCUT2D eigenvalue weighted by Gasteiger charge is 2.21. The average molecular weight is 263 g/mol. The smallest absolute Gasteiger partial charge is 0.343 e. The summed E-state index contributed by atoms with van der Waals surface area (Å²) in [6.07, 6.45) is -0.229. The van der Waals surface area contributed by atoms with E-state index in [1.54, 1.807) is 19.9 Å². The number of benzene rings is 1. The zero-order valence-corrected chi connectivity index (χ0v) is 10.7. The van der Waals surface area contributed by atoms with Crippen molar-refractivity contribution in [1.82, 2.24) is 0 Å². The molecule has 0 aliphatic carbocycles. The summed E-state index contributed by atoms with van der Waals surface area (Å²) >= 11 is 11.8. The van der Waals surface area contributed by atoms with Crippen LogP contribution < -0.4 is 4.74 Å². The minimum absolute atomic E-state index is 0.158. The van der Waals surface area contributed by atoms with E-state index in [1.807, 2.05) is 0 Å². The zero-order valence-electron chi connectivity index (χ0n) is 9.21. The molecular weight excluding hydrogens is 251 g/mol. The minimum atomic E-state index is -0.542. The minimum Gasteiger partial charge on any atom is -0.494 e. The van der Waals surface area contributed by atoms with Crippen LogP contribution in [0.25, 0.3) is 0 Å². The van der Waals surface area contributed by atoms with Gasteiger partial charge in [-0.05, 0) is 26.0 Å². The molecule has 0 aliphatic heterocycles. The molecule has 0 heterocycles. The molecule has 3 nitrogen and oxygen atoms in total. The first kappa shape index (κ1) is 13.1. The molecule has 1 rings (SSSR count). The molecule has 1 aromatic carbocycles. The summed E-state index contributed by atoms with van der Waals surface area (Å²) in [6.45, 7) is 3.51. The molecule has 0 unspecified atom stereocenters. The number of halogens is 2. The first-order valence-corrected chi connectivity index (χ1v) is 5.46. The fraction of sp³-hybridized carbons (Fsp3) is 0.364. The quantitative estimate of drug-likeness (QED) is 0.782. The van der Waals surface area contributed by atoms with E-state index in [-0.39, 0.29) is 22.4 Å². The summed E-state index contributed by atoms with van der Waals surface area (Å²) in [4.78, 5) is 11.8. The van der Waals surface area contributed by atoms with Crippen molar-refractivity contribution in [3.63, 3.8) is 0 Å². The maximum atomic E-state index is 11.8. The number of rotatable bonds is 3. The Kier molecular flexibility index (Phi) is 4.44. The highest BCUT2D eigenvalue weighted by atomic mass is 35.5. The monoisotopic (exact) mass is 262 g/mol. The fourth-order valence-electron chi connectivity index (χ4n) is 1.20. The Bertz CT molecular complexity index is 402. The van der Waals surface area contributed by atoms with Crippen molar-refractivity contribution in [3.05, 3.63) is 27.7 Å². The molecule has 0 N–H and O–H groups in total. The van der Waals surface area contributed by atoms with Crippen LogP contribution in [-0.2, 0) is 4.74 Å². The number of hydrogen-bond acceptors (Lipinski definition) is 3. The van der Waals surface area contributed by atoms with E-state index in [0.717, 1.165) is 0 Å². The number of esters is 1. The second-order valence-corrected chi connectivity index (χ2v) is 4.21. The molecule has 5 heteroatoms. The van der Waals surface area contributed by atoms with Gasteiger partial charge in [0.15, 0.2) is 5.75 Å². The van der Waals surface area contributed by atoms with E-state index in [0.29, 0.717) is 5.02 Å². The summed E-state index contributed by atoms with van der Waals surface area (Å²) in [6, 6.07) is 3.10. The van der Waals surface area contributed by atoms with Gasteiger partial charge in [-0.15, -0.1) is 0 Å². The summed E-state index contributed by atoms with van der Waals surface area (Å²) in [5.41, 5.74) is 0.158. The fourth-order valence-corrected chi connectivity index (χ4v) is 1.66. The van der Waals surface area contributed by atoms with Gasteiger partial charge >= 0.3 is 5.97 Å². The molecule has 0 fully saturated rings. The number of ether oxygens (including phenoxy) is 2. The van der Waals surface area contributed by atoms with Gasteiger partial charge in [0.25, 0.3) is 0 Å². The molecule has 0 saturated heterocycles. The predicted octanol–water partition coefficient (Wildman–Crippen LogP) is 3.57. The highest BCUT2D eigenvalue weighted by molar-refractivity contribution is 6.37. The summed E-state index contributed by atoms with van der Waals surface area (Å²) in [5, 5.41) is 0.578. The molecule has 88 valence electrons. The molecular formula is C11H12Cl2O3. The molecule has 0 radical (unpaired) electrons. The van der Waals surface area contributed by atoms with E-state index in [2.05, 4.69) is 0 Å². The van der Waals surface area contributed by atoms with Gasteiger partial charge < -0.3 is 9.47 Å². The molecule has 0 saturated carbocycles. The van der Waals surface area contributed by atoms with Gasteiger partial charge in [0.05, 0.1) is 23.3 Å². The third kappa shape index (κ3) is 2.80. The van der Waals surface area contributed by atoms with Crippen molar-refractivity contribution >= 4 is 29.2 Å². The number of carbonyl (C=O) groups excluding carboxylic acids is 1. The molecule has 0 amide bonds. The van der Waals surface area contributed by atoms with Gasteiger partial charge in [-0.2, -0.15) is 0 Å². The van der Waals surface area contributed by atoms with Gasteiger partial charge in [0.1, 0.15) is 5.56 Å². The van der Waals surface area contributed by atoms with Crippen molar-refractivity contribution in [2.45, 2.75) is 20.0 Å². The SMILES string of the molecule is COc1c(Cl)ccc(Cl)c1C(=O)OC(C)C. The van der Waals surface area contributed by atoms with Gasteiger partial charge in [0, 0.05) is 0 Å². The summed E-state index contributed by atoms with van der Waals surface area (Å²) < 4.78 is 10.1. The second-order valence-electron chi connectivity index (χ2n) is 3.39. The van der Waals surface area contributed by atoms with Gasteiger partial charge in [-0.25, -0.2) is 4.79 Å². The first-order chi connectivity index (χ1) is 7.47. The van der Waals surface area contributed by atoms with E-state index in [1.165, 1.54) is 13.2 Å². The van der Waals surface area contributed by atoms with Crippen molar-refractivity contribution in [1.29, 1.82) is 0 Å². The Balaban J connectivity index is 3.20. The number of carbonyl (C=O) groups is 1. The Morgan fingerprint density at radius 3 is 2.31 bits per heavy atom. The second kappa shape index (κ2) is 5.41. The molecule has 0 aliphatic rings. The highest BCUT2D eigenvalue weighted by Crippen LogP contribution is 2.34. The van der Waals surface area contributed by atoms with Crippen LogP contribution in [0.15, 0.2) is 12.1 Å². The largest absolute Gasteiger partial charge is 0.494 e. The predicted molar refractivity (Wildman–Crippen MR) is 63.6 cm³/mol. The lowest BCUT2D eigenvalue weighted by atomic mass is 10.2. The van der Waals surface area contributed by atoms with E-state index >= 15 is 0 Å². The maximum absolute atomic E-state index is 11.8. The van der Waals surface area contributed by atoms with Gasteiger partial charge in [0.2, 0.25) is 0 Å². The van der Waals surface area contributed by atoms with Crippen LogP contribution in [0.2, 0.25) is 10.0 Å². The Hall–Kier alpha value is -0.930. The van der Waals surface area contributed by atoms with Crippen LogP contribution in [0.1, 0.15) is 24.2 Å². The lowest BCUT2D eigenvalue weighted by molar-refractivity contribution is 0.0374. The van der Waals surface area contributed by atoms with Crippen LogP contribution in [0.4, 0.5) is 0 Å². The Labute approximate surface area is 104 Å². The topological polar surface area (TPSA) is 35.5 Å². The van der Waals surface area contributed by atoms with E-state index < -0.39 is 5.97 Å². The standard InChI is InChI=1S/C11H12Cl2O3/c1-6(2)16-11(14)9-7(12)4-5-8(13)10(9)15-3/h4-6H,1-3H3. The van der Waals surface area contributed by atoms with Crippen LogP contribution >= 0.6 is 23.2 Å². The van der Waals surface area contributed by atoms with Crippen molar-refractivity contribution < 1.29 is 14.3 Å². The third-order valence-corrected chi connectivity index (χ3v) is 2.42. The lowest BCUT2D eigenvalue weighted by Gasteiger charge is -2.13. The van der Waals surface area contributed by atoms with Crippen molar-refractivity contribution in [2.75, 3.05) is 7.11 Å². The Morgan fingerprint density at radius 2 is 1.81 bits per heavy atom. The average Bonchev–Trinajstić information content (AvgIpc) is 2.19. The van der Waals surface area contributed by atoms with Crippen molar-refractivity contribution in [2.24, 2.45) is 0 Å². The molecule has 0 spiro atoms. The number of hydrogen-bond donors (Lipinski definition) is 0. The molecule has 0 bridgehead atoms. The van der Waals surface area contributed by atoms with Crippen molar-refractivity contribution in [3.8, 4) is 5.75 Å². The molecule has 0 aromatic heterocycles. The van der Waals surface area contributed by atoms with Crippen LogP contribution in [0, 0.1) is 0 Å². The molecule has 1 aromatic rings. The molecule has 16 heavy (non-hydrogen) atoms. The Morgan fingerprint density at radius 1 is 1.25 bits per heavy atom. The van der Waals surface area contributed by atoms with Crippen LogP contribution in [-0.4, -0.2) is 19.2 Å². The lowest BCUT2D eigenvalue weighted by Crippen LogP contribution is -2.13. The summed E-state index contributed by atoms with van der Waals surface area (Å²) in [5.74, 6) is -0.306. The number of methoxy groups -OCH3 is 1. The van der Waals surface area contributed by atoms with Gasteiger partial charge in [-0.1, -0.05) is 23.2 Å². The zero-order chi connectivity index (χ0) is 12.3. The van der Waals surface area contributed by atoms with E-state index in [4.69, 9.17) is 32.7 Å². The summed E-state index contributed by atoms with van der Waals surface area (Å²) in [7, 11) is 1.42.